The summed E-state index contributed by atoms with van der Waals surface area (Å²) in [5, 5.41) is 3.54. The molecule has 120 valence electrons. The van der Waals surface area contributed by atoms with Crippen molar-refractivity contribution in [1.29, 1.82) is 0 Å². The number of anilines is 1. The molecule has 3 rings (SSSR count). The van der Waals surface area contributed by atoms with Crippen LogP contribution < -0.4 is 15.8 Å². The third-order valence-electron chi connectivity index (χ3n) is 3.11. The van der Waals surface area contributed by atoms with Crippen molar-refractivity contribution in [1.82, 2.24) is 9.97 Å². The van der Waals surface area contributed by atoms with Gasteiger partial charge in [-0.3, -0.25) is 9.78 Å². The number of carbonyl (C=O) groups is 1. The SMILES string of the molecule is COc1ccc2sc(-c3cnccc3NC(=O)CN)nc2c1.Cl. The van der Waals surface area contributed by atoms with Crippen molar-refractivity contribution in [3.63, 3.8) is 0 Å². The van der Waals surface area contributed by atoms with Crippen LogP contribution in [0, 0.1) is 0 Å². The van der Waals surface area contributed by atoms with Gasteiger partial charge in [-0.2, -0.15) is 0 Å². The van der Waals surface area contributed by atoms with Crippen molar-refractivity contribution >= 4 is 45.6 Å². The number of ether oxygens (including phenoxy) is 1. The van der Waals surface area contributed by atoms with Crippen LogP contribution in [0.3, 0.4) is 0 Å². The van der Waals surface area contributed by atoms with Gasteiger partial charge in [0.1, 0.15) is 10.8 Å². The lowest BCUT2D eigenvalue weighted by atomic mass is 10.2. The molecule has 0 spiro atoms. The molecule has 0 unspecified atom stereocenters. The Labute approximate surface area is 143 Å². The van der Waals surface area contributed by atoms with Crippen LogP contribution in [-0.4, -0.2) is 29.5 Å². The number of pyridine rings is 1. The van der Waals surface area contributed by atoms with Crippen LogP contribution in [0.25, 0.3) is 20.8 Å². The highest BCUT2D eigenvalue weighted by atomic mass is 35.5. The number of halogens is 1. The van der Waals surface area contributed by atoms with E-state index in [4.69, 9.17) is 10.5 Å². The molecular formula is C15H15ClN4O2S. The van der Waals surface area contributed by atoms with E-state index in [0.29, 0.717) is 5.69 Å². The van der Waals surface area contributed by atoms with Crippen LogP contribution in [0.4, 0.5) is 5.69 Å². The molecule has 8 heteroatoms. The van der Waals surface area contributed by atoms with E-state index >= 15 is 0 Å². The number of nitrogens with two attached hydrogens (primary N) is 1. The first-order valence-corrected chi connectivity index (χ1v) is 7.42. The van der Waals surface area contributed by atoms with Gasteiger partial charge in [-0.15, -0.1) is 23.7 Å². The van der Waals surface area contributed by atoms with Crippen LogP contribution in [-0.2, 0) is 4.79 Å². The molecule has 3 aromatic rings. The molecule has 6 nitrogen and oxygen atoms in total. The van der Waals surface area contributed by atoms with Crippen LogP contribution in [0.15, 0.2) is 36.7 Å². The highest BCUT2D eigenvalue weighted by molar-refractivity contribution is 7.21. The normalized spacial score (nSPS) is 10.2. The van der Waals surface area contributed by atoms with E-state index in [1.807, 2.05) is 18.2 Å². The molecule has 2 heterocycles. The van der Waals surface area contributed by atoms with Gasteiger partial charge < -0.3 is 15.8 Å². The van der Waals surface area contributed by atoms with Gasteiger partial charge in [-0.05, 0) is 18.2 Å². The first-order valence-electron chi connectivity index (χ1n) is 6.60. The Hall–Kier alpha value is -2.22. The second-order valence-corrected chi connectivity index (χ2v) is 5.56. The Kier molecular flexibility index (Phi) is 5.49. The molecule has 0 saturated heterocycles. The van der Waals surface area contributed by atoms with Crippen molar-refractivity contribution in [2.24, 2.45) is 5.73 Å². The maximum absolute atomic E-state index is 11.5. The minimum absolute atomic E-state index is 0. The summed E-state index contributed by atoms with van der Waals surface area (Å²) in [7, 11) is 1.62. The van der Waals surface area contributed by atoms with E-state index in [1.165, 1.54) is 11.3 Å². The highest BCUT2D eigenvalue weighted by Gasteiger charge is 2.12. The van der Waals surface area contributed by atoms with Gasteiger partial charge in [-0.25, -0.2) is 4.98 Å². The minimum Gasteiger partial charge on any atom is -0.497 e. The van der Waals surface area contributed by atoms with Crippen LogP contribution >= 0.6 is 23.7 Å². The minimum atomic E-state index is -0.254. The molecule has 1 amide bonds. The number of carbonyl (C=O) groups excluding carboxylic acids is 1. The lowest BCUT2D eigenvalue weighted by Crippen LogP contribution is -2.22. The molecule has 0 aliphatic carbocycles. The largest absolute Gasteiger partial charge is 0.497 e. The maximum Gasteiger partial charge on any atom is 0.238 e. The summed E-state index contributed by atoms with van der Waals surface area (Å²) in [5.74, 6) is 0.502. The van der Waals surface area contributed by atoms with E-state index in [1.54, 1.807) is 25.6 Å². The fourth-order valence-corrected chi connectivity index (χ4v) is 2.99. The Balaban J connectivity index is 0.00000192. The fraction of sp³-hybridized carbons (Fsp3) is 0.133. The average molecular weight is 351 g/mol. The lowest BCUT2D eigenvalue weighted by molar-refractivity contribution is -0.114. The molecule has 0 radical (unpaired) electrons. The smallest absolute Gasteiger partial charge is 0.238 e. The Bertz CT molecular complexity index is 837. The summed E-state index contributed by atoms with van der Waals surface area (Å²) >= 11 is 1.53. The molecule has 0 bridgehead atoms. The summed E-state index contributed by atoms with van der Waals surface area (Å²) in [6.07, 6.45) is 3.30. The quantitative estimate of drug-likeness (QED) is 0.755. The molecule has 0 aliphatic rings. The number of hydrogen-bond acceptors (Lipinski definition) is 6. The van der Waals surface area contributed by atoms with Gasteiger partial charge in [0.2, 0.25) is 5.91 Å². The standard InChI is InChI=1S/C15H14N4O2S.ClH/c1-21-9-2-3-13-12(6-9)19-15(22-13)10-8-17-5-4-11(10)18-14(20)7-16;/h2-6,8H,7,16H2,1H3,(H,17,18,20);1H. The first-order chi connectivity index (χ1) is 10.7. The van der Waals surface area contributed by atoms with Crippen molar-refractivity contribution in [2.75, 3.05) is 19.0 Å². The van der Waals surface area contributed by atoms with Crippen molar-refractivity contribution in [3.05, 3.63) is 36.7 Å². The molecule has 23 heavy (non-hydrogen) atoms. The summed E-state index contributed by atoms with van der Waals surface area (Å²) in [6.45, 7) is -0.0706. The maximum atomic E-state index is 11.5. The number of nitrogens with zero attached hydrogens (tertiary/aromatic N) is 2. The van der Waals surface area contributed by atoms with Crippen molar-refractivity contribution in [2.45, 2.75) is 0 Å². The lowest BCUT2D eigenvalue weighted by Gasteiger charge is -2.07. The number of fused-ring (bicyclic) bond motifs is 1. The van der Waals surface area contributed by atoms with Crippen LogP contribution in [0.5, 0.6) is 5.75 Å². The summed E-state index contributed by atoms with van der Waals surface area (Å²) in [5.41, 5.74) is 7.61. The molecule has 3 N–H and O–H groups in total. The van der Waals surface area contributed by atoms with E-state index in [9.17, 15) is 4.79 Å². The number of rotatable bonds is 4. The molecule has 0 saturated carbocycles. The number of nitrogens with one attached hydrogen (secondary N) is 1. The zero-order valence-electron chi connectivity index (χ0n) is 12.3. The van der Waals surface area contributed by atoms with E-state index in [-0.39, 0.29) is 24.9 Å². The van der Waals surface area contributed by atoms with Gasteiger partial charge in [0.25, 0.3) is 0 Å². The van der Waals surface area contributed by atoms with Gasteiger partial charge >= 0.3 is 0 Å². The molecule has 2 aromatic heterocycles. The number of aromatic nitrogens is 2. The predicted molar refractivity (Wildman–Crippen MR) is 94.3 cm³/mol. The molecule has 0 atom stereocenters. The zero-order valence-corrected chi connectivity index (χ0v) is 13.9. The average Bonchev–Trinajstić information content (AvgIpc) is 2.97. The van der Waals surface area contributed by atoms with Crippen LogP contribution in [0.1, 0.15) is 0 Å². The summed E-state index contributed by atoms with van der Waals surface area (Å²) in [6, 6.07) is 7.47. The molecule has 1 aromatic carbocycles. The van der Waals surface area contributed by atoms with Gasteiger partial charge in [-0.1, -0.05) is 0 Å². The third kappa shape index (κ3) is 3.58. The van der Waals surface area contributed by atoms with Gasteiger partial charge in [0, 0.05) is 18.5 Å². The van der Waals surface area contributed by atoms with Crippen molar-refractivity contribution in [3.8, 4) is 16.3 Å². The van der Waals surface area contributed by atoms with Gasteiger partial charge in [0.15, 0.2) is 0 Å². The molecule has 0 fully saturated rings. The zero-order chi connectivity index (χ0) is 15.5. The second kappa shape index (κ2) is 7.36. The molecular weight excluding hydrogens is 336 g/mol. The fourth-order valence-electron chi connectivity index (χ4n) is 2.02. The number of methoxy groups -OCH3 is 1. The van der Waals surface area contributed by atoms with E-state index in [2.05, 4.69) is 15.3 Å². The van der Waals surface area contributed by atoms with Crippen molar-refractivity contribution < 1.29 is 9.53 Å². The summed E-state index contributed by atoms with van der Waals surface area (Å²) in [4.78, 5) is 20.2. The number of benzene rings is 1. The second-order valence-electron chi connectivity index (χ2n) is 4.53. The Morgan fingerprint density at radius 1 is 1.39 bits per heavy atom. The number of amides is 1. The number of thiazole rings is 1. The van der Waals surface area contributed by atoms with Crippen LogP contribution in [0.2, 0.25) is 0 Å². The van der Waals surface area contributed by atoms with E-state index < -0.39 is 0 Å². The highest BCUT2D eigenvalue weighted by Crippen LogP contribution is 2.35. The first kappa shape index (κ1) is 17.1. The topological polar surface area (TPSA) is 90.1 Å². The Morgan fingerprint density at radius 3 is 2.96 bits per heavy atom. The van der Waals surface area contributed by atoms with E-state index in [0.717, 1.165) is 26.5 Å². The molecule has 0 aliphatic heterocycles. The third-order valence-corrected chi connectivity index (χ3v) is 4.18. The Morgan fingerprint density at radius 2 is 2.22 bits per heavy atom. The summed E-state index contributed by atoms with van der Waals surface area (Å²) < 4.78 is 6.25. The predicted octanol–water partition coefficient (Wildman–Crippen LogP) is 2.69. The number of hydrogen-bond donors (Lipinski definition) is 2. The van der Waals surface area contributed by atoms with Gasteiger partial charge in [0.05, 0.1) is 35.1 Å². The monoisotopic (exact) mass is 350 g/mol.